The number of carbonyl (C=O) groups is 2. The highest BCUT2D eigenvalue weighted by Gasteiger charge is 2.33. The molecular formula is C19H20F2N2O3S. The molecule has 1 fully saturated rings. The molecule has 0 bridgehead atoms. The predicted octanol–water partition coefficient (Wildman–Crippen LogP) is 4.33. The fourth-order valence-corrected chi connectivity index (χ4v) is 3.92. The first-order valence-electron chi connectivity index (χ1n) is 8.86. The van der Waals surface area contributed by atoms with Gasteiger partial charge in [-0.25, -0.2) is 18.6 Å². The van der Waals surface area contributed by atoms with Crippen molar-refractivity contribution < 1.29 is 23.1 Å². The standard InChI is InChI=1S/C19H20F2N2O3S/c1-12(26-18(25)13-7-8-15(20)16(21)11-13)17(24)23(19-22-9-10-27-19)14-5-3-2-4-6-14/h7-12,14H,2-6H2,1H3/t12-/m0/s1. The van der Waals surface area contributed by atoms with E-state index in [0.717, 1.165) is 50.3 Å². The smallest absolute Gasteiger partial charge is 0.339 e. The van der Waals surface area contributed by atoms with Gasteiger partial charge in [-0.05, 0) is 38.0 Å². The Morgan fingerprint density at radius 1 is 1.22 bits per heavy atom. The number of anilines is 1. The Kier molecular flexibility index (Phi) is 6.15. The van der Waals surface area contributed by atoms with Crippen molar-refractivity contribution in [1.29, 1.82) is 0 Å². The van der Waals surface area contributed by atoms with Crippen LogP contribution in [-0.4, -0.2) is 29.0 Å². The van der Waals surface area contributed by atoms with Gasteiger partial charge >= 0.3 is 5.97 Å². The Hall–Kier alpha value is -2.35. The van der Waals surface area contributed by atoms with Crippen LogP contribution >= 0.6 is 11.3 Å². The van der Waals surface area contributed by atoms with E-state index in [1.54, 1.807) is 16.5 Å². The Bertz CT molecular complexity index is 807. The van der Waals surface area contributed by atoms with Gasteiger partial charge in [0, 0.05) is 17.6 Å². The van der Waals surface area contributed by atoms with E-state index in [1.165, 1.54) is 18.3 Å². The lowest BCUT2D eigenvalue weighted by atomic mass is 9.94. The number of hydrogen-bond donors (Lipinski definition) is 0. The molecular weight excluding hydrogens is 374 g/mol. The summed E-state index contributed by atoms with van der Waals surface area (Å²) in [6.07, 6.45) is 5.49. The maximum Gasteiger partial charge on any atom is 0.339 e. The van der Waals surface area contributed by atoms with Gasteiger partial charge in [0.2, 0.25) is 0 Å². The van der Waals surface area contributed by atoms with Crippen LogP contribution in [0.2, 0.25) is 0 Å². The zero-order chi connectivity index (χ0) is 19.4. The number of carbonyl (C=O) groups excluding carboxylic acids is 2. The zero-order valence-electron chi connectivity index (χ0n) is 14.9. The van der Waals surface area contributed by atoms with Gasteiger partial charge in [-0.3, -0.25) is 9.69 Å². The fraction of sp³-hybridized carbons (Fsp3) is 0.421. The molecule has 5 nitrogen and oxygen atoms in total. The first-order valence-corrected chi connectivity index (χ1v) is 9.74. The molecule has 0 aliphatic heterocycles. The second kappa shape index (κ2) is 8.56. The Morgan fingerprint density at radius 3 is 2.59 bits per heavy atom. The summed E-state index contributed by atoms with van der Waals surface area (Å²) in [5, 5.41) is 2.36. The van der Waals surface area contributed by atoms with Crippen LogP contribution in [0, 0.1) is 11.6 Å². The number of ether oxygens (including phenoxy) is 1. The van der Waals surface area contributed by atoms with E-state index in [9.17, 15) is 18.4 Å². The molecule has 0 unspecified atom stereocenters. The number of aromatic nitrogens is 1. The van der Waals surface area contributed by atoms with Crippen LogP contribution < -0.4 is 4.90 Å². The zero-order valence-corrected chi connectivity index (χ0v) is 15.7. The van der Waals surface area contributed by atoms with Crippen molar-refractivity contribution in [3.05, 3.63) is 47.0 Å². The van der Waals surface area contributed by atoms with Gasteiger partial charge in [-0.15, -0.1) is 11.3 Å². The minimum Gasteiger partial charge on any atom is -0.449 e. The largest absolute Gasteiger partial charge is 0.449 e. The lowest BCUT2D eigenvalue weighted by Gasteiger charge is -2.33. The van der Waals surface area contributed by atoms with Crippen LogP contribution in [0.25, 0.3) is 0 Å². The summed E-state index contributed by atoms with van der Waals surface area (Å²) in [6.45, 7) is 1.48. The van der Waals surface area contributed by atoms with Crippen LogP contribution in [0.1, 0.15) is 49.4 Å². The summed E-state index contributed by atoms with van der Waals surface area (Å²) in [7, 11) is 0. The van der Waals surface area contributed by atoms with E-state index in [0.29, 0.717) is 5.13 Å². The summed E-state index contributed by atoms with van der Waals surface area (Å²) >= 11 is 1.35. The van der Waals surface area contributed by atoms with E-state index in [2.05, 4.69) is 4.98 Å². The summed E-state index contributed by atoms with van der Waals surface area (Å²) in [6, 6.07) is 2.75. The van der Waals surface area contributed by atoms with Crippen LogP contribution in [0.15, 0.2) is 29.8 Å². The number of amides is 1. The maximum atomic E-state index is 13.3. The normalized spacial score (nSPS) is 16.0. The molecule has 0 saturated heterocycles. The van der Waals surface area contributed by atoms with Crippen molar-refractivity contribution in [3.8, 4) is 0 Å². The van der Waals surface area contributed by atoms with Crippen molar-refractivity contribution in [3.63, 3.8) is 0 Å². The Morgan fingerprint density at radius 2 is 1.96 bits per heavy atom. The second-order valence-corrected chi connectivity index (χ2v) is 7.36. The van der Waals surface area contributed by atoms with E-state index >= 15 is 0 Å². The number of halogens is 2. The summed E-state index contributed by atoms with van der Waals surface area (Å²) in [5.41, 5.74) is -0.146. The molecule has 8 heteroatoms. The van der Waals surface area contributed by atoms with Crippen LogP contribution in [0.3, 0.4) is 0 Å². The molecule has 1 aromatic heterocycles. The lowest BCUT2D eigenvalue weighted by Crippen LogP contribution is -2.47. The molecule has 3 rings (SSSR count). The highest BCUT2D eigenvalue weighted by atomic mass is 32.1. The van der Waals surface area contributed by atoms with Crippen LogP contribution in [-0.2, 0) is 9.53 Å². The average molecular weight is 394 g/mol. The minimum atomic E-state index is -1.14. The SMILES string of the molecule is C[C@H](OC(=O)c1ccc(F)c(F)c1)C(=O)N(c1nccs1)C1CCCCC1. The molecule has 1 atom stereocenters. The average Bonchev–Trinajstić information content (AvgIpc) is 3.19. The van der Waals surface area contributed by atoms with Gasteiger partial charge in [0.15, 0.2) is 22.9 Å². The van der Waals surface area contributed by atoms with Gasteiger partial charge in [0.05, 0.1) is 5.56 Å². The molecule has 1 saturated carbocycles. The van der Waals surface area contributed by atoms with Crippen molar-refractivity contribution in [1.82, 2.24) is 4.98 Å². The second-order valence-electron chi connectivity index (χ2n) is 6.49. The van der Waals surface area contributed by atoms with Crippen molar-refractivity contribution >= 4 is 28.3 Å². The molecule has 0 spiro atoms. The topological polar surface area (TPSA) is 59.5 Å². The molecule has 1 heterocycles. The first kappa shape index (κ1) is 19.4. The number of benzene rings is 1. The quantitative estimate of drug-likeness (QED) is 0.708. The number of thiazole rings is 1. The monoisotopic (exact) mass is 394 g/mol. The van der Waals surface area contributed by atoms with Crippen molar-refractivity contribution in [2.75, 3.05) is 4.90 Å². The van der Waals surface area contributed by atoms with Gasteiger partial charge in [-0.1, -0.05) is 19.3 Å². The molecule has 1 aliphatic carbocycles. The van der Waals surface area contributed by atoms with Crippen molar-refractivity contribution in [2.45, 2.75) is 51.2 Å². The van der Waals surface area contributed by atoms with E-state index in [4.69, 9.17) is 4.74 Å². The van der Waals surface area contributed by atoms with Crippen LogP contribution in [0.5, 0.6) is 0 Å². The third-order valence-electron chi connectivity index (χ3n) is 4.59. The summed E-state index contributed by atoms with van der Waals surface area (Å²) < 4.78 is 31.6. The predicted molar refractivity (Wildman–Crippen MR) is 97.7 cm³/mol. The number of esters is 1. The van der Waals surface area contributed by atoms with Crippen LogP contribution in [0.4, 0.5) is 13.9 Å². The summed E-state index contributed by atoms with van der Waals surface area (Å²) in [5.74, 6) is -3.44. The number of rotatable bonds is 5. The van der Waals surface area contributed by atoms with Gasteiger partial charge in [0.1, 0.15) is 0 Å². The molecule has 2 aromatic rings. The number of hydrogen-bond acceptors (Lipinski definition) is 5. The molecule has 27 heavy (non-hydrogen) atoms. The summed E-state index contributed by atoms with van der Waals surface area (Å²) in [4.78, 5) is 31.1. The molecule has 0 N–H and O–H groups in total. The molecule has 1 amide bonds. The van der Waals surface area contributed by atoms with E-state index < -0.39 is 23.7 Å². The maximum absolute atomic E-state index is 13.3. The molecule has 0 radical (unpaired) electrons. The third kappa shape index (κ3) is 4.50. The Balaban J connectivity index is 1.74. The number of nitrogens with zero attached hydrogens (tertiary/aromatic N) is 2. The van der Waals surface area contributed by atoms with Gasteiger partial charge in [0.25, 0.3) is 5.91 Å². The van der Waals surface area contributed by atoms with Gasteiger partial charge in [-0.2, -0.15) is 0 Å². The highest BCUT2D eigenvalue weighted by Crippen LogP contribution is 2.29. The third-order valence-corrected chi connectivity index (χ3v) is 5.36. The van der Waals surface area contributed by atoms with Gasteiger partial charge < -0.3 is 4.74 Å². The van der Waals surface area contributed by atoms with Crippen molar-refractivity contribution in [2.24, 2.45) is 0 Å². The van der Waals surface area contributed by atoms with E-state index in [-0.39, 0.29) is 17.5 Å². The lowest BCUT2D eigenvalue weighted by molar-refractivity contribution is -0.127. The fourth-order valence-electron chi connectivity index (χ4n) is 3.20. The minimum absolute atomic E-state index is 0.0156. The highest BCUT2D eigenvalue weighted by molar-refractivity contribution is 7.13. The molecule has 1 aliphatic rings. The molecule has 144 valence electrons. The first-order chi connectivity index (χ1) is 13.0. The van der Waals surface area contributed by atoms with E-state index in [1.807, 2.05) is 0 Å². The Labute approximate surface area is 160 Å². The molecule has 1 aromatic carbocycles.